The molecule has 0 unspecified atom stereocenters. The van der Waals surface area contributed by atoms with Crippen molar-refractivity contribution in [2.24, 2.45) is 4.99 Å². The number of pyridine rings is 2. The largest absolute Gasteiger partial charge is 0.346 e. The molecule has 0 N–H and O–H groups in total. The average Bonchev–Trinajstić information content (AvgIpc) is 3.48. The van der Waals surface area contributed by atoms with Crippen molar-refractivity contribution >= 4 is 22.7 Å². The Morgan fingerprint density at radius 2 is 2.07 bits per heavy atom. The summed E-state index contributed by atoms with van der Waals surface area (Å²) in [5.74, 6) is 1.08. The number of fused-ring (bicyclic) bond motifs is 1. The van der Waals surface area contributed by atoms with Gasteiger partial charge in [0.05, 0.1) is 29.6 Å². The van der Waals surface area contributed by atoms with Gasteiger partial charge < -0.3 is 9.09 Å². The molecule has 4 aromatic heterocycles. The molecule has 1 aliphatic rings. The summed E-state index contributed by atoms with van der Waals surface area (Å²) in [6.45, 7) is 5.64. The van der Waals surface area contributed by atoms with Gasteiger partial charge in [-0.05, 0) is 30.2 Å². The molecule has 4 aromatic rings. The number of nitrogens with zero attached hydrogens (tertiary/aromatic N) is 6. The lowest BCUT2D eigenvalue weighted by atomic mass is 10.1. The Balaban J connectivity index is 1.63. The maximum Gasteiger partial charge on any atom is 0.223 e. The van der Waals surface area contributed by atoms with Crippen molar-refractivity contribution in [2.75, 3.05) is 6.54 Å². The van der Waals surface area contributed by atoms with Gasteiger partial charge in [0, 0.05) is 48.6 Å². The minimum Gasteiger partial charge on any atom is -0.346 e. The molecule has 29 heavy (non-hydrogen) atoms. The molecule has 0 saturated carbocycles. The standard InChI is InChI=1S/C22H20N6O/c1-3-8-28-13-18(16-4-6-23-11-16)17-10-20(25-12-21(17)28)19-9-15(5-7-24-19)22-26-14(2)29-27-22/h4-5,7,9-13H,3,6,8H2,1-2H3. The minimum atomic E-state index is 0.534. The molecule has 0 amide bonds. The van der Waals surface area contributed by atoms with Gasteiger partial charge in [-0.15, -0.1) is 0 Å². The molecule has 5 heterocycles. The monoisotopic (exact) mass is 384 g/mol. The summed E-state index contributed by atoms with van der Waals surface area (Å²) in [5, 5.41) is 5.16. The van der Waals surface area contributed by atoms with Crippen LogP contribution in [-0.4, -0.2) is 37.4 Å². The second-order valence-corrected chi connectivity index (χ2v) is 7.04. The highest BCUT2D eigenvalue weighted by Crippen LogP contribution is 2.31. The van der Waals surface area contributed by atoms with Crippen LogP contribution in [0.3, 0.4) is 0 Å². The van der Waals surface area contributed by atoms with Gasteiger partial charge in [-0.3, -0.25) is 15.0 Å². The molecule has 0 bridgehead atoms. The van der Waals surface area contributed by atoms with Gasteiger partial charge in [0.2, 0.25) is 11.7 Å². The maximum absolute atomic E-state index is 5.10. The Hall–Kier alpha value is -3.61. The van der Waals surface area contributed by atoms with Crippen LogP contribution in [0.2, 0.25) is 0 Å². The van der Waals surface area contributed by atoms with Crippen molar-refractivity contribution < 1.29 is 4.52 Å². The first-order chi connectivity index (χ1) is 14.2. The predicted octanol–water partition coefficient (Wildman–Crippen LogP) is 4.33. The van der Waals surface area contributed by atoms with Crippen LogP contribution in [-0.2, 0) is 6.54 Å². The van der Waals surface area contributed by atoms with E-state index in [9.17, 15) is 0 Å². The van der Waals surface area contributed by atoms with E-state index in [4.69, 9.17) is 9.51 Å². The fourth-order valence-corrected chi connectivity index (χ4v) is 3.64. The van der Waals surface area contributed by atoms with E-state index in [0.29, 0.717) is 11.7 Å². The molecule has 5 rings (SSSR count). The summed E-state index contributed by atoms with van der Waals surface area (Å²) < 4.78 is 7.37. The summed E-state index contributed by atoms with van der Waals surface area (Å²) in [5.41, 5.74) is 5.90. The molecule has 0 spiro atoms. The molecule has 0 atom stereocenters. The van der Waals surface area contributed by atoms with Crippen LogP contribution in [0.15, 0.2) is 52.4 Å². The number of rotatable bonds is 5. The van der Waals surface area contributed by atoms with Crippen molar-refractivity contribution in [1.82, 2.24) is 24.7 Å². The Labute approximate surface area is 167 Å². The third kappa shape index (κ3) is 3.14. The first-order valence-corrected chi connectivity index (χ1v) is 9.69. The van der Waals surface area contributed by atoms with Crippen molar-refractivity contribution in [3.05, 3.63) is 54.3 Å². The molecule has 1 aliphatic heterocycles. The quantitative estimate of drug-likeness (QED) is 0.511. The van der Waals surface area contributed by atoms with Crippen LogP contribution in [0.5, 0.6) is 0 Å². The Bertz CT molecular complexity index is 1260. The zero-order valence-electron chi connectivity index (χ0n) is 16.3. The maximum atomic E-state index is 5.10. The highest BCUT2D eigenvalue weighted by molar-refractivity contribution is 6.16. The molecule has 7 heteroatoms. The molecule has 7 nitrogen and oxygen atoms in total. The average molecular weight is 384 g/mol. The van der Waals surface area contributed by atoms with Crippen molar-refractivity contribution in [3.8, 4) is 22.8 Å². The van der Waals surface area contributed by atoms with Gasteiger partial charge in [-0.1, -0.05) is 18.2 Å². The first kappa shape index (κ1) is 17.5. The molecule has 0 saturated heterocycles. The topological polar surface area (TPSA) is 82.0 Å². The van der Waals surface area contributed by atoms with E-state index in [1.165, 1.54) is 5.56 Å². The van der Waals surface area contributed by atoms with Crippen LogP contribution in [0.4, 0.5) is 0 Å². The zero-order valence-corrected chi connectivity index (χ0v) is 16.3. The van der Waals surface area contributed by atoms with E-state index in [1.54, 1.807) is 13.1 Å². The van der Waals surface area contributed by atoms with Gasteiger partial charge in [-0.2, -0.15) is 4.98 Å². The normalized spacial score (nSPS) is 13.4. The summed E-state index contributed by atoms with van der Waals surface area (Å²) in [4.78, 5) is 17.9. The van der Waals surface area contributed by atoms with Gasteiger partial charge in [-0.25, -0.2) is 0 Å². The predicted molar refractivity (Wildman–Crippen MR) is 113 cm³/mol. The third-order valence-corrected chi connectivity index (χ3v) is 5.00. The van der Waals surface area contributed by atoms with Crippen molar-refractivity contribution in [2.45, 2.75) is 26.8 Å². The number of aromatic nitrogens is 5. The zero-order chi connectivity index (χ0) is 19.8. The van der Waals surface area contributed by atoms with E-state index in [-0.39, 0.29) is 0 Å². The molecular weight excluding hydrogens is 364 g/mol. The number of allylic oxidation sites excluding steroid dienone is 1. The second kappa shape index (κ2) is 7.09. The summed E-state index contributed by atoms with van der Waals surface area (Å²) >= 11 is 0. The molecule has 0 aliphatic carbocycles. The minimum absolute atomic E-state index is 0.534. The van der Waals surface area contributed by atoms with Gasteiger partial charge in [0.15, 0.2) is 0 Å². The number of hydrogen-bond acceptors (Lipinski definition) is 6. The van der Waals surface area contributed by atoms with Gasteiger partial charge in [0.1, 0.15) is 0 Å². The van der Waals surface area contributed by atoms with Crippen LogP contribution in [0, 0.1) is 6.92 Å². The SMILES string of the molecule is CCCn1cc(C2=CCN=C2)c2cc(-c3cc(-c4noc(C)n4)ccn3)ncc21. The highest BCUT2D eigenvalue weighted by Gasteiger charge is 2.15. The molecule has 0 aromatic carbocycles. The number of aliphatic imine (C=N–C) groups is 1. The van der Waals surface area contributed by atoms with E-state index < -0.39 is 0 Å². The second-order valence-electron chi connectivity index (χ2n) is 7.04. The first-order valence-electron chi connectivity index (χ1n) is 9.69. The highest BCUT2D eigenvalue weighted by atomic mass is 16.5. The lowest BCUT2D eigenvalue weighted by molar-refractivity contribution is 0.394. The number of aryl methyl sites for hydroxylation is 2. The van der Waals surface area contributed by atoms with Gasteiger partial charge in [0.25, 0.3) is 0 Å². The van der Waals surface area contributed by atoms with E-state index in [0.717, 1.165) is 52.9 Å². The Morgan fingerprint density at radius 3 is 2.83 bits per heavy atom. The fraction of sp³-hybridized carbons (Fsp3) is 0.227. The molecule has 0 fully saturated rings. The Kier molecular flexibility index (Phi) is 4.27. The van der Waals surface area contributed by atoms with Crippen LogP contribution in [0.25, 0.3) is 39.3 Å². The van der Waals surface area contributed by atoms with Crippen LogP contribution in [0.1, 0.15) is 24.8 Å². The smallest absolute Gasteiger partial charge is 0.223 e. The lowest BCUT2D eigenvalue weighted by Gasteiger charge is -2.05. The third-order valence-electron chi connectivity index (χ3n) is 5.00. The van der Waals surface area contributed by atoms with Crippen LogP contribution < -0.4 is 0 Å². The molecular formula is C22H20N6O. The van der Waals surface area contributed by atoms with E-state index in [2.05, 4.69) is 49.9 Å². The van der Waals surface area contributed by atoms with E-state index in [1.807, 2.05) is 24.5 Å². The molecule has 0 radical (unpaired) electrons. The van der Waals surface area contributed by atoms with Crippen molar-refractivity contribution in [1.29, 1.82) is 0 Å². The van der Waals surface area contributed by atoms with Crippen LogP contribution >= 0.6 is 0 Å². The summed E-state index contributed by atoms with van der Waals surface area (Å²) in [6, 6.07) is 5.92. The molecule has 144 valence electrons. The fourth-order valence-electron chi connectivity index (χ4n) is 3.64. The van der Waals surface area contributed by atoms with Crippen molar-refractivity contribution in [3.63, 3.8) is 0 Å². The number of hydrogen-bond donors (Lipinski definition) is 0. The lowest BCUT2D eigenvalue weighted by Crippen LogP contribution is -1.95. The summed E-state index contributed by atoms with van der Waals surface area (Å²) in [6.07, 6.45) is 11.0. The Morgan fingerprint density at radius 1 is 1.17 bits per heavy atom. The summed E-state index contributed by atoms with van der Waals surface area (Å²) in [7, 11) is 0. The van der Waals surface area contributed by atoms with E-state index >= 15 is 0 Å². The van der Waals surface area contributed by atoms with Gasteiger partial charge >= 0.3 is 0 Å².